The first-order valence-corrected chi connectivity index (χ1v) is 40.6. The Morgan fingerprint density at radius 2 is 0.591 bits per heavy atom. The third-order valence-electron chi connectivity index (χ3n) is 19.2. The van der Waals surface area contributed by atoms with E-state index in [2.05, 4.69) is 43.5 Å². The summed E-state index contributed by atoms with van der Waals surface area (Å²) in [4.78, 5) is 24.6. The van der Waals surface area contributed by atoms with Crippen LogP contribution in [-0.4, -0.2) is 47.4 Å². The van der Waals surface area contributed by atoms with Crippen LogP contribution in [0.1, 0.15) is 463 Å². The van der Waals surface area contributed by atoms with Crippen molar-refractivity contribution >= 4 is 11.9 Å². The summed E-state index contributed by atoms with van der Waals surface area (Å²) in [6, 6.07) is -0.538. The van der Waals surface area contributed by atoms with Gasteiger partial charge < -0.3 is 20.3 Å². The van der Waals surface area contributed by atoms with E-state index in [0.29, 0.717) is 25.9 Å². The molecule has 0 aromatic carbocycles. The average molecular weight is 1240 g/mol. The van der Waals surface area contributed by atoms with E-state index >= 15 is 0 Å². The molecule has 0 rings (SSSR count). The van der Waals surface area contributed by atoms with Gasteiger partial charge in [0.1, 0.15) is 0 Å². The van der Waals surface area contributed by atoms with Gasteiger partial charge in [0.2, 0.25) is 5.91 Å². The maximum absolute atomic E-state index is 12.6. The molecule has 0 saturated carbocycles. The molecular formula is C82H159NO5. The second-order valence-corrected chi connectivity index (χ2v) is 28.1. The molecule has 6 heteroatoms. The number of rotatable bonds is 77. The number of unbranched alkanes of at least 4 members (excludes halogenated alkanes) is 62. The highest BCUT2D eigenvalue weighted by atomic mass is 16.5. The molecule has 6 nitrogen and oxygen atoms in total. The van der Waals surface area contributed by atoms with E-state index in [9.17, 15) is 19.8 Å². The second kappa shape index (κ2) is 77.8. The van der Waals surface area contributed by atoms with Crippen LogP contribution in [-0.2, 0) is 14.3 Å². The lowest BCUT2D eigenvalue weighted by Crippen LogP contribution is -2.45. The Labute approximate surface area is 551 Å². The van der Waals surface area contributed by atoms with Gasteiger partial charge in [0.05, 0.1) is 25.4 Å². The highest BCUT2D eigenvalue weighted by Crippen LogP contribution is 2.21. The molecule has 88 heavy (non-hydrogen) atoms. The van der Waals surface area contributed by atoms with E-state index in [4.69, 9.17) is 4.74 Å². The molecule has 1 amide bonds. The SMILES string of the molecule is CCC/C=C\C/C=C\CCCCCCCC(=O)OCCCCCCCCCCCCCCCCCCCCCCCCCCCCCCCCCCCCCCCC(=O)NC(CO)C(O)CCCCCCCCCCCCCCCCCCCCCCC. The Hall–Kier alpha value is -1.66. The van der Waals surface area contributed by atoms with Crippen LogP contribution in [0.15, 0.2) is 24.3 Å². The molecule has 2 unspecified atom stereocenters. The van der Waals surface area contributed by atoms with Crippen LogP contribution in [0.2, 0.25) is 0 Å². The van der Waals surface area contributed by atoms with Gasteiger partial charge in [-0.15, -0.1) is 0 Å². The quantitative estimate of drug-likeness (QED) is 0.0320. The fourth-order valence-corrected chi connectivity index (χ4v) is 13.1. The smallest absolute Gasteiger partial charge is 0.305 e. The number of carbonyl (C=O) groups is 2. The zero-order valence-electron chi connectivity index (χ0n) is 60.0. The molecule has 0 aromatic rings. The number of aliphatic hydroxyl groups excluding tert-OH is 2. The number of esters is 1. The molecule has 0 radical (unpaired) electrons. The molecule has 0 aliphatic heterocycles. The van der Waals surface area contributed by atoms with Gasteiger partial charge in [-0.1, -0.05) is 423 Å². The van der Waals surface area contributed by atoms with Crippen LogP contribution in [0.5, 0.6) is 0 Å². The van der Waals surface area contributed by atoms with Gasteiger partial charge in [-0.05, 0) is 51.4 Å². The monoisotopic (exact) mass is 1240 g/mol. The van der Waals surface area contributed by atoms with Crippen LogP contribution in [0.25, 0.3) is 0 Å². The summed E-state index contributed by atoms with van der Waals surface area (Å²) in [5, 5.41) is 23.5. The Bertz CT molecular complexity index is 1380. The van der Waals surface area contributed by atoms with E-state index in [1.54, 1.807) is 0 Å². The molecule has 0 heterocycles. The summed E-state index contributed by atoms with van der Waals surface area (Å²) in [6.45, 7) is 4.94. The fraction of sp³-hybridized carbons (Fsp3) is 0.927. The van der Waals surface area contributed by atoms with Crippen LogP contribution in [0, 0.1) is 0 Å². The minimum Gasteiger partial charge on any atom is -0.466 e. The normalized spacial score (nSPS) is 12.5. The summed E-state index contributed by atoms with van der Waals surface area (Å²) >= 11 is 0. The first-order valence-electron chi connectivity index (χ1n) is 40.6. The lowest BCUT2D eigenvalue weighted by atomic mass is 10.0. The minimum absolute atomic E-state index is 0.00875. The van der Waals surface area contributed by atoms with Crippen molar-refractivity contribution < 1.29 is 24.5 Å². The maximum Gasteiger partial charge on any atom is 0.305 e. The van der Waals surface area contributed by atoms with E-state index in [1.807, 2.05) is 0 Å². The van der Waals surface area contributed by atoms with Gasteiger partial charge in [0.15, 0.2) is 0 Å². The molecule has 0 aromatic heterocycles. The van der Waals surface area contributed by atoms with Crippen molar-refractivity contribution in [3.63, 3.8) is 0 Å². The summed E-state index contributed by atoms with van der Waals surface area (Å²) in [6.07, 6.45) is 100. The van der Waals surface area contributed by atoms with Gasteiger partial charge in [-0.2, -0.15) is 0 Å². The average Bonchev–Trinajstić information content (AvgIpc) is 3.59. The Morgan fingerprint density at radius 1 is 0.318 bits per heavy atom. The molecule has 0 aliphatic rings. The summed E-state index contributed by atoms with van der Waals surface area (Å²) < 4.78 is 5.48. The molecule has 0 bridgehead atoms. The summed E-state index contributed by atoms with van der Waals surface area (Å²) in [5.41, 5.74) is 0. The highest BCUT2D eigenvalue weighted by molar-refractivity contribution is 5.76. The number of hydrogen-bond acceptors (Lipinski definition) is 5. The predicted molar refractivity (Wildman–Crippen MR) is 389 cm³/mol. The first kappa shape index (κ1) is 86.3. The summed E-state index contributed by atoms with van der Waals surface area (Å²) in [5.74, 6) is -0.0150. The van der Waals surface area contributed by atoms with E-state index < -0.39 is 12.1 Å². The molecular weight excluding hydrogens is 1080 g/mol. The van der Waals surface area contributed by atoms with E-state index in [-0.39, 0.29) is 18.5 Å². The Morgan fingerprint density at radius 3 is 0.909 bits per heavy atom. The highest BCUT2D eigenvalue weighted by Gasteiger charge is 2.20. The molecule has 0 saturated heterocycles. The lowest BCUT2D eigenvalue weighted by Gasteiger charge is -2.22. The number of hydrogen-bond donors (Lipinski definition) is 3. The van der Waals surface area contributed by atoms with Crippen molar-refractivity contribution in [2.45, 2.75) is 475 Å². The number of allylic oxidation sites excluding steroid dienone is 4. The van der Waals surface area contributed by atoms with Crippen LogP contribution in [0.3, 0.4) is 0 Å². The van der Waals surface area contributed by atoms with Gasteiger partial charge in [-0.3, -0.25) is 9.59 Å². The van der Waals surface area contributed by atoms with Gasteiger partial charge in [0, 0.05) is 12.8 Å². The number of nitrogens with one attached hydrogen (secondary N) is 1. The van der Waals surface area contributed by atoms with Gasteiger partial charge in [-0.25, -0.2) is 0 Å². The fourth-order valence-electron chi connectivity index (χ4n) is 13.1. The first-order chi connectivity index (χ1) is 43.5. The van der Waals surface area contributed by atoms with E-state index in [1.165, 1.54) is 379 Å². The standard InChI is InChI=1S/C82H159NO5/c1-3-5-7-9-11-13-15-17-18-19-20-38-41-44-47-51-54-58-62-66-70-74-80(85)79(78-84)83-81(86)75-71-67-63-59-55-52-48-45-42-39-36-34-32-30-28-26-24-22-21-23-25-27-29-31-33-35-37-40-43-46-49-53-57-61-65-69-73-77-88-82(87)76-72-68-64-60-56-50-16-14-12-10-8-6-4-2/h8,10,14,16,79-80,84-85H,3-7,9,11-13,15,17-78H2,1-2H3,(H,83,86)/b10-8-,16-14-. The Balaban J connectivity index is 3.31. The third-order valence-corrected chi connectivity index (χ3v) is 19.2. The van der Waals surface area contributed by atoms with Crippen LogP contribution >= 0.6 is 0 Å². The Kier molecular flexibility index (Phi) is 76.3. The van der Waals surface area contributed by atoms with Crippen molar-refractivity contribution in [2.24, 2.45) is 0 Å². The largest absolute Gasteiger partial charge is 0.466 e. The van der Waals surface area contributed by atoms with Crippen molar-refractivity contribution in [1.82, 2.24) is 5.32 Å². The topological polar surface area (TPSA) is 95.9 Å². The van der Waals surface area contributed by atoms with E-state index in [0.717, 1.165) is 51.4 Å². The van der Waals surface area contributed by atoms with Crippen LogP contribution < -0.4 is 5.32 Å². The molecule has 0 spiro atoms. The number of carbonyl (C=O) groups excluding carboxylic acids is 2. The van der Waals surface area contributed by atoms with Crippen molar-refractivity contribution in [3.05, 3.63) is 24.3 Å². The minimum atomic E-state index is -0.661. The zero-order valence-corrected chi connectivity index (χ0v) is 60.0. The van der Waals surface area contributed by atoms with Crippen molar-refractivity contribution in [2.75, 3.05) is 13.2 Å². The number of amides is 1. The van der Waals surface area contributed by atoms with Crippen molar-refractivity contribution in [1.29, 1.82) is 0 Å². The number of ether oxygens (including phenoxy) is 1. The molecule has 522 valence electrons. The maximum atomic E-state index is 12.6. The predicted octanol–water partition coefficient (Wildman–Crippen LogP) is 26.8. The zero-order chi connectivity index (χ0) is 63.5. The number of aliphatic hydroxyl groups is 2. The lowest BCUT2D eigenvalue weighted by molar-refractivity contribution is -0.143. The third kappa shape index (κ3) is 73.4. The molecule has 3 N–H and O–H groups in total. The van der Waals surface area contributed by atoms with Gasteiger partial charge >= 0.3 is 5.97 Å². The molecule has 2 atom stereocenters. The van der Waals surface area contributed by atoms with Gasteiger partial charge in [0.25, 0.3) is 0 Å². The van der Waals surface area contributed by atoms with Crippen LogP contribution in [0.4, 0.5) is 0 Å². The van der Waals surface area contributed by atoms with Crippen molar-refractivity contribution in [3.8, 4) is 0 Å². The summed E-state index contributed by atoms with van der Waals surface area (Å²) in [7, 11) is 0. The second-order valence-electron chi connectivity index (χ2n) is 28.1. The molecule has 0 aliphatic carbocycles. The molecule has 0 fully saturated rings.